The zero-order chi connectivity index (χ0) is 18.6. The Labute approximate surface area is 157 Å². The monoisotopic (exact) mass is 365 g/mol. The van der Waals surface area contributed by atoms with Crippen LogP contribution in [0.15, 0.2) is 49.2 Å². The van der Waals surface area contributed by atoms with Gasteiger partial charge in [0.15, 0.2) is 0 Å². The van der Waals surface area contributed by atoms with Gasteiger partial charge >= 0.3 is 0 Å². The molecule has 0 spiro atoms. The lowest BCUT2D eigenvalue weighted by atomic mass is 10.1. The van der Waals surface area contributed by atoms with E-state index in [0.29, 0.717) is 13.1 Å². The normalized spacial score (nSPS) is 16.9. The summed E-state index contributed by atoms with van der Waals surface area (Å²) in [6.07, 6.45) is 9.97. The van der Waals surface area contributed by atoms with E-state index in [-0.39, 0.29) is 11.9 Å². The Morgan fingerprint density at radius 3 is 2.81 bits per heavy atom. The fraction of sp³-hybridized carbons (Fsp3) is 0.368. The van der Waals surface area contributed by atoms with E-state index in [2.05, 4.69) is 25.4 Å². The number of nitrogens with one attached hydrogen (secondary N) is 1. The van der Waals surface area contributed by atoms with Crippen molar-refractivity contribution in [1.82, 2.24) is 34.8 Å². The highest BCUT2D eigenvalue weighted by Crippen LogP contribution is 2.22. The van der Waals surface area contributed by atoms with Gasteiger partial charge in [-0.15, -0.1) is 0 Å². The number of carbonyl (C=O) groups excluding carboxylic acids is 1. The molecule has 1 atom stereocenters. The molecule has 0 aromatic carbocycles. The number of pyridine rings is 1. The van der Waals surface area contributed by atoms with Gasteiger partial charge in [-0.3, -0.25) is 24.0 Å². The second-order valence-electron chi connectivity index (χ2n) is 6.87. The van der Waals surface area contributed by atoms with Crippen LogP contribution in [0, 0.1) is 0 Å². The second-order valence-corrected chi connectivity index (χ2v) is 6.87. The predicted octanol–water partition coefficient (Wildman–Crippen LogP) is 0.927. The van der Waals surface area contributed by atoms with E-state index in [0.717, 1.165) is 36.3 Å². The summed E-state index contributed by atoms with van der Waals surface area (Å²) in [6.45, 7) is 2.76. The lowest BCUT2D eigenvalue weighted by Crippen LogP contribution is -2.45. The Morgan fingerprint density at radius 2 is 2.04 bits per heavy atom. The number of amides is 1. The highest BCUT2D eigenvalue weighted by molar-refractivity contribution is 5.80. The number of hydrogen-bond acceptors (Lipinski definition) is 5. The summed E-state index contributed by atoms with van der Waals surface area (Å²) in [5.74, 6) is 0.00453. The highest BCUT2D eigenvalue weighted by atomic mass is 16.2. The first-order valence-electron chi connectivity index (χ1n) is 9.08. The molecule has 4 heterocycles. The zero-order valence-corrected chi connectivity index (χ0v) is 15.3. The highest BCUT2D eigenvalue weighted by Gasteiger charge is 2.30. The van der Waals surface area contributed by atoms with Gasteiger partial charge < -0.3 is 5.32 Å². The minimum absolute atomic E-state index is 0.00453. The molecule has 140 valence electrons. The summed E-state index contributed by atoms with van der Waals surface area (Å²) in [7, 11) is 1.91. The average Bonchev–Trinajstić information content (AvgIpc) is 3.30. The molecular weight excluding hydrogens is 342 g/mol. The maximum Gasteiger partial charge on any atom is 0.246 e. The van der Waals surface area contributed by atoms with E-state index in [1.807, 2.05) is 42.3 Å². The molecule has 27 heavy (non-hydrogen) atoms. The van der Waals surface area contributed by atoms with Gasteiger partial charge in [-0.05, 0) is 30.2 Å². The molecule has 1 N–H and O–H groups in total. The van der Waals surface area contributed by atoms with E-state index in [1.165, 1.54) is 0 Å². The third kappa shape index (κ3) is 4.06. The van der Waals surface area contributed by atoms with Crippen LogP contribution in [0.4, 0.5) is 0 Å². The first-order chi connectivity index (χ1) is 13.2. The third-order valence-electron chi connectivity index (χ3n) is 4.79. The van der Waals surface area contributed by atoms with Crippen molar-refractivity contribution in [2.24, 2.45) is 7.05 Å². The van der Waals surface area contributed by atoms with Gasteiger partial charge in [0.2, 0.25) is 5.91 Å². The molecule has 1 aliphatic rings. The molecule has 0 bridgehead atoms. The number of nitrogens with zero attached hydrogens (tertiary/aromatic N) is 6. The van der Waals surface area contributed by atoms with Crippen molar-refractivity contribution in [3.05, 3.63) is 66.0 Å². The lowest BCUT2D eigenvalue weighted by Gasteiger charge is -2.32. The molecule has 0 saturated heterocycles. The van der Waals surface area contributed by atoms with Gasteiger partial charge in [-0.25, -0.2) is 0 Å². The van der Waals surface area contributed by atoms with Gasteiger partial charge in [0.1, 0.15) is 6.04 Å². The SMILES string of the molecule is Cn1cc(CN2Cc3ccnn3C(C(=O)NCCc3ccncc3)C2)cn1. The Morgan fingerprint density at radius 1 is 1.19 bits per heavy atom. The zero-order valence-electron chi connectivity index (χ0n) is 15.3. The Balaban J connectivity index is 1.40. The quantitative estimate of drug-likeness (QED) is 0.703. The van der Waals surface area contributed by atoms with Crippen molar-refractivity contribution in [2.45, 2.75) is 25.6 Å². The third-order valence-corrected chi connectivity index (χ3v) is 4.79. The standard InChI is InChI=1S/C19H23N7O/c1-24-11-16(10-23-24)12-25-13-17-5-9-22-26(17)18(14-25)19(27)21-8-4-15-2-6-20-7-3-15/h2-3,5-7,9-11,18H,4,8,12-14H2,1H3,(H,21,27). The van der Waals surface area contributed by atoms with E-state index in [1.54, 1.807) is 23.3 Å². The molecule has 0 fully saturated rings. The van der Waals surface area contributed by atoms with Crippen LogP contribution >= 0.6 is 0 Å². The fourth-order valence-corrected chi connectivity index (χ4v) is 3.49. The van der Waals surface area contributed by atoms with Gasteiger partial charge in [0, 0.05) is 63.6 Å². The van der Waals surface area contributed by atoms with E-state index in [9.17, 15) is 4.79 Å². The summed E-state index contributed by atoms with van der Waals surface area (Å²) in [4.78, 5) is 19.1. The average molecular weight is 365 g/mol. The van der Waals surface area contributed by atoms with Gasteiger partial charge in [-0.1, -0.05) is 0 Å². The molecule has 0 radical (unpaired) electrons. The number of hydrogen-bond donors (Lipinski definition) is 1. The molecule has 3 aromatic heterocycles. The topological polar surface area (TPSA) is 80.9 Å². The summed E-state index contributed by atoms with van der Waals surface area (Å²) in [6, 6.07) is 5.59. The largest absolute Gasteiger partial charge is 0.354 e. The Bertz CT molecular complexity index is 902. The fourth-order valence-electron chi connectivity index (χ4n) is 3.49. The van der Waals surface area contributed by atoms with Crippen molar-refractivity contribution < 1.29 is 4.79 Å². The van der Waals surface area contributed by atoms with Crippen molar-refractivity contribution in [3.8, 4) is 0 Å². The number of fused-ring (bicyclic) bond motifs is 1. The summed E-state index contributed by atoms with van der Waals surface area (Å²) in [5, 5.41) is 11.7. The summed E-state index contributed by atoms with van der Waals surface area (Å²) in [5.41, 5.74) is 3.36. The van der Waals surface area contributed by atoms with Crippen LogP contribution in [-0.2, 0) is 31.4 Å². The van der Waals surface area contributed by atoms with Gasteiger partial charge in [0.25, 0.3) is 0 Å². The van der Waals surface area contributed by atoms with Crippen LogP contribution < -0.4 is 5.32 Å². The number of carbonyl (C=O) groups is 1. The molecule has 1 amide bonds. The van der Waals surface area contributed by atoms with Gasteiger partial charge in [-0.2, -0.15) is 10.2 Å². The predicted molar refractivity (Wildman–Crippen MR) is 99.5 cm³/mol. The van der Waals surface area contributed by atoms with E-state index < -0.39 is 0 Å². The molecule has 3 aromatic rings. The summed E-state index contributed by atoms with van der Waals surface area (Å²) < 4.78 is 3.65. The van der Waals surface area contributed by atoms with Crippen LogP contribution in [0.2, 0.25) is 0 Å². The smallest absolute Gasteiger partial charge is 0.246 e. The first kappa shape index (κ1) is 17.4. The molecule has 8 heteroatoms. The van der Waals surface area contributed by atoms with Crippen molar-refractivity contribution in [3.63, 3.8) is 0 Å². The number of aryl methyl sites for hydroxylation is 1. The van der Waals surface area contributed by atoms with Crippen LogP contribution in [0.25, 0.3) is 0 Å². The van der Waals surface area contributed by atoms with Crippen LogP contribution in [0.5, 0.6) is 0 Å². The number of aromatic nitrogens is 5. The molecular formula is C19H23N7O. The molecule has 1 unspecified atom stereocenters. The second kappa shape index (κ2) is 7.71. The molecule has 4 rings (SSSR count). The van der Waals surface area contributed by atoms with Crippen LogP contribution in [0.3, 0.4) is 0 Å². The molecule has 8 nitrogen and oxygen atoms in total. The Hall–Kier alpha value is -3.00. The van der Waals surface area contributed by atoms with Crippen molar-refractivity contribution >= 4 is 5.91 Å². The molecule has 0 aliphatic carbocycles. The molecule has 1 aliphatic heterocycles. The maximum absolute atomic E-state index is 12.8. The maximum atomic E-state index is 12.8. The van der Waals surface area contributed by atoms with Gasteiger partial charge in [0.05, 0.1) is 11.9 Å². The number of rotatable bonds is 6. The molecule has 0 saturated carbocycles. The van der Waals surface area contributed by atoms with Crippen LogP contribution in [0.1, 0.15) is 22.9 Å². The van der Waals surface area contributed by atoms with E-state index >= 15 is 0 Å². The summed E-state index contributed by atoms with van der Waals surface area (Å²) >= 11 is 0. The van der Waals surface area contributed by atoms with Crippen LogP contribution in [-0.4, -0.2) is 48.4 Å². The minimum atomic E-state index is -0.321. The van der Waals surface area contributed by atoms with E-state index in [4.69, 9.17) is 0 Å². The van der Waals surface area contributed by atoms with Crippen molar-refractivity contribution in [2.75, 3.05) is 13.1 Å². The first-order valence-corrected chi connectivity index (χ1v) is 9.08. The Kier molecular flexibility index (Phi) is 4.97. The minimum Gasteiger partial charge on any atom is -0.354 e. The van der Waals surface area contributed by atoms with Crippen molar-refractivity contribution in [1.29, 1.82) is 0 Å². The lowest BCUT2D eigenvalue weighted by molar-refractivity contribution is -0.126.